The summed E-state index contributed by atoms with van der Waals surface area (Å²) in [5, 5.41) is 5.07. The summed E-state index contributed by atoms with van der Waals surface area (Å²) in [5.41, 5.74) is 6.47. The fraction of sp³-hybridized carbons (Fsp3) is 0.500. The van der Waals surface area contributed by atoms with Crippen LogP contribution in [0.4, 0.5) is 8.78 Å². The Bertz CT molecular complexity index is 1320. The van der Waals surface area contributed by atoms with Gasteiger partial charge in [-0.2, -0.15) is 8.78 Å². The topological polar surface area (TPSA) is 66.0 Å². The van der Waals surface area contributed by atoms with Gasteiger partial charge in [0.05, 0.1) is 35.6 Å². The zero-order chi connectivity index (χ0) is 24.0. The number of nitrogens with zero attached hydrogens (tertiary/aromatic N) is 4. The van der Waals surface area contributed by atoms with Crippen molar-refractivity contribution < 1.29 is 18.0 Å². The summed E-state index contributed by atoms with van der Waals surface area (Å²) in [7, 11) is 0. The van der Waals surface area contributed by atoms with Crippen LogP contribution in [0.2, 0.25) is 0 Å². The van der Waals surface area contributed by atoms with Crippen molar-refractivity contribution in [3.8, 4) is 11.1 Å². The molecule has 1 aromatic carbocycles. The number of ether oxygens (including phenoxy) is 1. The molecule has 3 heterocycles. The number of aryl methyl sites for hydroxylation is 3. The molecule has 1 atom stereocenters. The summed E-state index contributed by atoms with van der Waals surface area (Å²) in [6.45, 7) is 4.95. The molecule has 0 N–H and O–H groups in total. The third-order valence-electron chi connectivity index (χ3n) is 7.07. The summed E-state index contributed by atoms with van der Waals surface area (Å²) in [5.74, 6) is 2.04. The molecule has 1 aliphatic rings. The van der Waals surface area contributed by atoms with Gasteiger partial charge in [-0.3, -0.25) is 4.98 Å². The van der Waals surface area contributed by atoms with Crippen molar-refractivity contribution in [2.45, 2.75) is 78.4 Å². The Morgan fingerprint density at radius 2 is 1.88 bits per heavy atom. The molecule has 6 nitrogen and oxygen atoms in total. The smallest absolute Gasteiger partial charge is 0.345 e. The van der Waals surface area contributed by atoms with Gasteiger partial charge in [0.1, 0.15) is 17.1 Å². The summed E-state index contributed by atoms with van der Waals surface area (Å²) in [4.78, 5) is 9.73. The predicted molar refractivity (Wildman–Crippen MR) is 127 cm³/mol. The first-order chi connectivity index (χ1) is 16.3. The van der Waals surface area contributed by atoms with E-state index in [9.17, 15) is 8.78 Å². The van der Waals surface area contributed by atoms with Crippen LogP contribution in [0.3, 0.4) is 0 Å². The van der Waals surface area contributed by atoms with Crippen LogP contribution in [0.15, 0.2) is 22.9 Å². The van der Waals surface area contributed by atoms with Gasteiger partial charge in [0.25, 0.3) is 0 Å². The van der Waals surface area contributed by atoms with Gasteiger partial charge in [-0.05, 0) is 63.8 Å². The van der Waals surface area contributed by atoms with E-state index in [2.05, 4.69) is 28.8 Å². The third kappa shape index (κ3) is 3.98. The predicted octanol–water partition coefficient (Wildman–Crippen LogP) is 7.01. The highest BCUT2D eigenvalue weighted by molar-refractivity contribution is 6.04. The molecule has 180 valence electrons. The molecule has 3 aromatic heterocycles. The molecule has 1 saturated carbocycles. The highest BCUT2D eigenvalue weighted by atomic mass is 19.3. The van der Waals surface area contributed by atoms with Crippen LogP contribution < -0.4 is 0 Å². The lowest BCUT2D eigenvalue weighted by Gasteiger charge is -2.25. The number of hydrogen-bond donors (Lipinski definition) is 0. The Morgan fingerprint density at radius 1 is 1.12 bits per heavy atom. The Balaban J connectivity index is 1.72. The molecular formula is C26H30F2N4O2. The normalized spacial score (nSPS) is 16.2. The third-order valence-corrected chi connectivity index (χ3v) is 7.07. The van der Waals surface area contributed by atoms with Crippen LogP contribution in [-0.2, 0) is 4.74 Å². The Labute approximate surface area is 197 Å². The van der Waals surface area contributed by atoms with Crippen LogP contribution in [0, 0.1) is 20.8 Å². The zero-order valence-electron chi connectivity index (χ0n) is 20.1. The number of benzene rings is 1. The van der Waals surface area contributed by atoms with Crippen LogP contribution in [0.25, 0.3) is 33.1 Å². The van der Waals surface area contributed by atoms with Crippen LogP contribution in [0.1, 0.15) is 73.8 Å². The standard InChI is InChI=1S/C26H30F2N4O2/c1-14-10-20-21(11-19(14)23-16(3)31-34-17(23)4)29-12-22-24(20)32(15(2)13-33-26(27)28)25(30-22)18-8-6-5-7-9-18/h10-12,15,18,26H,5-9,13H2,1-4H3/t15-/m1/s1. The van der Waals surface area contributed by atoms with E-state index in [4.69, 9.17) is 19.2 Å². The van der Waals surface area contributed by atoms with E-state index in [1.807, 2.05) is 20.8 Å². The van der Waals surface area contributed by atoms with E-state index < -0.39 is 6.61 Å². The highest BCUT2D eigenvalue weighted by Crippen LogP contribution is 2.39. The van der Waals surface area contributed by atoms with Crippen molar-refractivity contribution in [1.29, 1.82) is 0 Å². The molecular weight excluding hydrogens is 438 g/mol. The fourth-order valence-electron chi connectivity index (χ4n) is 5.47. The van der Waals surface area contributed by atoms with Crippen LogP contribution in [-0.4, -0.2) is 32.9 Å². The summed E-state index contributed by atoms with van der Waals surface area (Å²) >= 11 is 0. The second-order valence-electron chi connectivity index (χ2n) is 9.49. The van der Waals surface area contributed by atoms with Crippen molar-refractivity contribution in [3.05, 3.63) is 41.2 Å². The molecule has 0 amide bonds. The van der Waals surface area contributed by atoms with Gasteiger partial charge >= 0.3 is 6.61 Å². The van der Waals surface area contributed by atoms with Crippen LogP contribution in [0.5, 0.6) is 0 Å². The van der Waals surface area contributed by atoms with Crippen molar-refractivity contribution >= 4 is 21.9 Å². The quantitative estimate of drug-likeness (QED) is 0.304. The fourth-order valence-corrected chi connectivity index (χ4v) is 5.47. The van der Waals surface area contributed by atoms with E-state index >= 15 is 0 Å². The summed E-state index contributed by atoms with van der Waals surface area (Å²) in [6.07, 6.45) is 7.48. The van der Waals surface area contributed by atoms with E-state index in [1.54, 1.807) is 6.20 Å². The van der Waals surface area contributed by atoms with Gasteiger partial charge < -0.3 is 13.8 Å². The van der Waals surface area contributed by atoms with Gasteiger partial charge in [-0.1, -0.05) is 24.4 Å². The van der Waals surface area contributed by atoms with Gasteiger partial charge in [0.15, 0.2) is 0 Å². The zero-order valence-corrected chi connectivity index (χ0v) is 20.1. The van der Waals surface area contributed by atoms with Gasteiger partial charge in [-0.25, -0.2) is 4.98 Å². The second-order valence-corrected chi connectivity index (χ2v) is 9.49. The molecule has 0 bridgehead atoms. The first-order valence-corrected chi connectivity index (χ1v) is 12.0. The molecule has 0 radical (unpaired) electrons. The molecule has 8 heteroatoms. The minimum Gasteiger partial charge on any atom is -0.361 e. The SMILES string of the molecule is Cc1cc2c(cc1-c1c(C)noc1C)ncc1nc(C3CCCCC3)n([C@H](C)COC(F)F)c12. The van der Waals surface area contributed by atoms with Gasteiger partial charge in [-0.15, -0.1) is 0 Å². The molecule has 1 fully saturated rings. The average Bonchev–Trinajstić information content (AvgIpc) is 3.38. The number of halogens is 2. The molecule has 0 saturated heterocycles. The summed E-state index contributed by atoms with van der Waals surface area (Å²) < 4.78 is 38.0. The molecule has 0 unspecified atom stereocenters. The number of aromatic nitrogens is 4. The maximum atomic E-state index is 12.9. The number of rotatable bonds is 6. The second kappa shape index (κ2) is 9.06. The minimum absolute atomic E-state index is 0.0805. The van der Waals surface area contributed by atoms with E-state index in [0.29, 0.717) is 5.92 Å². The van der Waals surface area contributed by atoms with Crippen molar-refractivity contribution in [2.24, 2.45) is 0 Å². The Kier molecular flexibility index (Phi) is 6.10. The average molecular weight is 469 g/mol. The maximum Gasteiger partial charge on any atom is 0.345 e. The lowest BCUT2D eigenvalue weighted by molar-refractivity contribution is -0.135. The molecule has 34 heavy (non-hydrogen) atoms. The Hall–Kier alpha value is -2.87. The van der Waals surface area contributed by atoms with Crippen LogP contribution >= 0.6 is 0 Å². The molecule has 1 aliphatic carbocycles. The number of alkyl halides is 2. The first-order valence-electron chi connectivity index (χ1n) is 12.0. The number of hydrogen-bond acceptors (Lipinski definition) is 5. The monoisotopic (exact) mass is 468 g/mol. The summed E-state index contributed by atoms with van der Waals surface area (Å²) in [6, 6.07) is 3.90. The number of imidazole rings is 1. The van der Waals surface area contributed by atoms with E-state index in [1.165, 1.54) is 6.42 Å². The lowest BCUT2D eigenvalue weighted by Crippen LogP contribution is -2.19. The molecule has 0 spiro atoms. The number of pyridine rings is 1. The van der Waals surface area contributed by atoms with Crippen molar-refractivity contribution in [3.63, 3.8) is 0 Å². The molecule has 0 aliphatic heterocycles. The lowest BCUT2D eigenvalue weighted by atomic mass is 9.88. The Morgan fingerprint density at radius 3 is 2.56 bits per heavy atom. The van der Waals surface area contributed by atoms with Gasteiger partial charge in [0.2, 0.25) is 0 Å². The van der Waals surface area contributed by atoms with Gasteiger partial charge in [0, 0.05) is 16.9 Å². The van der Waals surface area contributed by atoms with E-state index in [0.717, 1.165) is 81.6 Å². The minimum atomic E-state index is -2.80. The largest absolute Gasteiger partial charge is 0.361 e. The maximum absolute atomic E-state index is 12.9. The first kappa shape index (κ1) is 22.9. The van der Waals surface area contributed by atoms with Crippen molar-refractivity contribution in [2.75, 3.05) is 6.61 Å². The molecule has 5 rings (SSSR count). The van der Waals surface area contributed by atoms with Crippen molar-refractivity contribution in [1.82, 2.24) is 19.7 Å². The van der Waals surface area contributed by atoms with E-state index in [-0.39, 0.29) is 12.6 Å². The molecule has 4 aromatic rings. The number of fused-ring (bicyclic) bond motifs is 3. The highest BCUT2D eigenvalue weighted by Gasteiger charge is 2.27.